The first kappa shape index (κ1) is 22.5. The SMILES string of the molecule is Cc1cccc(NS(=O)(=O)c2cc(-c3nc(C)c(C(=O)N4CCOCC4)s3)n(C)c2)c1C. The zero-order valence-corrected chi connectivity index (χ0v) is 20.1. The Kier molecular flexibility index (Phi) is 6.11. The Hall–Kier alpha value is -2.69. The van der Waals surface area contributed by atoms with Crippen LogP contribution in [0, 0.1) is 20.8 Å². The molecule has 0 aliphatic carbocycles. The van der Waals surface area contributed by atoms with Crippen LogP contribution < -0.4 is 4.72 Å². The molecule has 0 unspecified atom stereocenters. The lowest BCUT2D eigenvalue weighted by atomic mass is 10.1. The monoisotopic (exact) mass is 474 g/mol. The van der Waals surface area contributed by atoms with Crippen LogP contribution in [-0.2, 0) is 21.8 Å². The van der Waals surface area contributed by atoms with Crippen molar-refractivity contribution in [2.24, 2.45) is 7.05 Å². The van der Waals surface area contributed by atoms with Crippen LogP contribution >= 0.6 is 11.3 Å². The van der Waals surface area contributed by atoms with Gasteiger partial charge in [-0.2, -0.15) is 0 Å². The zero-order chi connectivity index (χ0) is 23.0. The quantitative estimate of drug-likeness (QED) is 0.612. The number of benzene rings is 1. The van der Waals surface area contributed by atoms with Gasteiger partial charge in [-0.25, -0.2) is 13.4 Å². The van der Waals surface area contributed by atoms with Crippen LogP contribution in [0.15, 0.2) is 35.4 Å². The maximum Gasteiger partial charge on any atom is 0.266 e. The maximum absolute atomic E-state index is 13.0. The molecule has 0 radical (unpaired) electrons. The molecule has 0 spiro atoms. The third kappa shape index (κ3) is 4.30. The highest BCUT2D eigenvalue weighted by molar-refractivity contribution is 7.92. The Labute approximate surface area is 191 Å². The summed E-state index contributed by atoms with van der Waals surface area (Å²) in [5.41, 5.74) is 3.73. The van der Waals surface area contributed by atoms with Gasteiger partial charge in [-0.15, -0.1) is 11.3 Å². The molecule has 0 atom stereocenters. The summed E-state index contributed by atoms with van der Waals surface area (Å²) in [5.74, 6) is -0.0619. The van der Waals surface area contributed by atoms with Crippen LogP contribution in [0.4, 0.5) is 5.69 Å². The number of aryl methyl sites for hydroxylation is 3. The Balaban J connectivity index is 1.62. The van der Waals surface area contributed by atoms with Gasteiger partial charge in [0.2, 0.25) is 0 Å². The van der Waals surface area contributed by atoms with E-state index in [0.29, 0.717) is 53.3 Å². The van der Waals surface area contributed by atoms with E-state index in [4.69, 9.17) is 4.74 Å². The van der Waals surface area contributed by atoms with Gasteiger partial charge in [-0.05, 0) is 44.0 Å². The summed E-state index contributed by atoms with van der Waals surface area (Å²) >= 11 is 1.28. The maximum atomic E-state index is 13.0. The lowest BCUT2D eigenvalue weighted by Gasteiger charge is -2.26. The molecule has 3 aromatic rings. The van der Waals surface area contributed by atoms with Crippen molar-refractivity contribution < 1.29 is 17.9 Å². The molecule has 1 N–H and O–H groups in total. The van der Waals surface area contributed by atoms with Gasteiger partial charge in [0.25, 0.3) is 15.9 Å². The van der Waals surface area contributed by atoms with Gasteiger partial charge in [0.1, 0.15) is 14.8 Å². The van der Waals surface area contributed by atoms with Crippen LogP contribution in [0.1, 0.15) is 26.5 Å². The molecule has 8 nitrogen and oxygen atoms in total. The molecule has 1 fully saturated rings. The number of carbonyl (C=O) groups excluding carboxylic acids is 1. The topological polar surface area (TPSA) is 93.5 Å². The van der Waals surface area contributed by atoms with Gasteiger partial charge >= 0.3 is 0 Å². The van der Waals surface area contributed by atoms with Gasteiger partial charge in [-0.1, -0.05) is 12.1 Å². The van der Waals surface area contributed by atoms with E-state index in [1.807, 2.05) is 26.0 Å². The summed E-state index contributed by atoms with van der Waals surface area (Å²) in [7, 11) is -2.01. The number of aromatic nitrogens is 2. The summed E-state index contributed by atoms with van der Waals surface area (Å²) in [6.07, 6.45) is 1.56. The molecule has 1 saturated heterocycles. The van der Waals surface area contributed by atoms with E-state index in [2.05, 4.69) is 9.71 Å². The van der Waals surface area contributed by atoms with Crippen molar-refractivity contribution in [2.45, 2.75) is 25.7 Å². The molecule has 1 aliphatic heterocycles. The van der Waals surface area contributed by atoms with E-state index in [-0.39, 0.29) is 10.8 Å². The minimum Gasteiger partial charge on any atom is -0.378 e. The number of nitrogens with one attached hydrogen (secondary N) is 1. The predicted octanol–water partition coefficient (Wildman–Crippen LogP) is 3.35. The van der Waals surface area contributed by atoms with Gasteiger partial charge in [-0.3, -0.25) is 9.52 Å². The Bertz CT molecular complexity index is 1270. The summed E-state index contributed by atoms with van der Waals surface area (Å²) in [4.78, 5) is 20.0. The lowest BCUT2D eigenvalue weighted by molar-refractivity contribution is 0.0305. The number of nitrogens with zero attached hydrogens (tertiary/aromatic N) is 3. The number of rotatable bonds is 5. The van der Waals surface area contributed by atoms with Crippen molar-refractivity contribution >= 4 is 33.0 Å². The minimum atomic E-state index is -3.78. The van der Waals surface area contributed by atoms with E-state index < -0.39 is 10.0 Å². The van der Waals surface area contributed by atoms with Gasteiger partial charge in [0.05, 0.1) is 30.3 Å². The molecule has 2 aromatic heterocycles. The van der Waals surface area contributed by atoms with Crippen LogP contribution in [0.5, 0.6) is 0 Å². The molecule has 0 bridgehead atoms. The molecular weight excluding hydrogens is 448 g/mol. The number of thiazole rings is 1. The highest BCUT2D eigenvalue weighted by Crippen LogP contribution is 2.32. The molecule has 1 amide bonds. The summed E-state index contributed by atoms with van der Waals surface area (Å²) < 4.78 is 35.8. The zero-order valence-electron chi connectivity index (χ0n) is 18.5. The average molecular weight is 475 g/mol. The first-order chi connectivity index (χ1) is 15.2. The van der Waals surface area contributed by atoms with E-state index in [1.165, 1.54) is 11.3 Å². The standard InChI is InChI=1S/C22H26N4O4S2/c1-14-6-5-7-18(15(14)2)24-32(28,29)17-12-19(25(4)13-17)21-23-16(3)20(31-21)22(27)26-8-10-30-11-9-26/h5-7,12-13,24H,8-11H2,1-4H3. The Morgan fingerprint density at radius 1 is 1.19 bits per heavy atom. The molecule has 0 saturated carbocycles. The van der Waals surface area contributed by atoms with Crippen molar-refractivity contribution in [2.75, 3.05) is 31.0 Å². The fourth-order valence-corrected chi connectivity index (χ4v) is 5.86. The van der Waals surface area contributed by atoms with E-state index in [0.717, 1.165) is 11.1 Å². The van der Waals surface area contributed by atoms with Crippen molar-refractivity contribution in [3.63, 3.8) is 0 Å². The molecule has 1 aromatic carbocycles. The third-order valence-corrected chi connectivity index (χ3v) is 8.15. The smallest absolute Gasteiger partial charge is 0.266 e. The van der Waals surface area contributed by atoms with E-state index >= 15 is 0 Å². The molecule has 3 heterocycles. The Morgan fingerprint density at radius 3 is 2.62 bits per heavy atom. The first-order valence-electron chi connectivity index (χ1n) is 10.3. The van der Waals surface area contributed by atoms with Crippen molar-refractivity contribution in [1.29, 1.82) is 0 Å². The number of amides is 1. The van der Waals surface area contributed by atoms with E-state index in [9.17, 15) is 13.2 Å². The second kappa shape index (κ2) is 8.68. The van der Waals surface area contributed by atoms with Crippen molar-refractivity contribution in [1.82, 2.24) is 14.5 Å². The number of ether oxygens (including phenoxy) is 1. The number of hydrogen-bond donors (Lipinski definition) is 1. The van der Waals surface area contributed by atoms with Crippen molar-refractivity contribution in [3.8, 4) is 10.7 Å². The average Bonchev–Trinajstić information content (AvgIpc) is 3.34. The highest BCUT2D eigenvalue weighted by Gasteiger charge is 2.25. The molecule has 170 valence electrons. The fraction of sp³-hybridized carbons (Fsp3) is 0.364. The molecule has 10 heteroatoms. The number of carbonyl (C=O) groups is 1. The minimum absolute atomic E-state index is 0.0619. The predicted molar refractivity (Wildman–Crippen MR) is 125 cm³/mol. The number of hydrogen-bond acceptors (Lipinski definition) is 6. The third-order valence-electron chi connectivity index (χ3n) is 5.65. The Morgan fingerprint density at radius 2 is 1.91 bits per heavy atom. The fourth-order valence-electron chi connectivity index (χ4n) is 3.57. The van der Waals surface area contributed by atoms with Crippen molar-refractivity contribution in [3.05, 3.63) is 52.2 Å². The van der Waals surface area contributed by atoms with Gasteiger partial charge < -0.3 is 14.2 Å². The normalized spacial score (nSPS) is 14.6. The van der Waals surface area contributed by atoms with Gasteiger partial charge in [0.15, 0.2) is 0 Å². The largest absolute Gasteiger partial charge is 0.378 e. The molecule has 4 rings (SSSR count). The number of sulfonamides is 1. The van der Waals surface area contributed by atoms with Crippen LogP contribution in [0.25, 0.3) is 10.7 Å². The highest BCUT2D eigenvalue weighted by atomic mass is 32.2. The van der Waals surface area contributed by atoms with E-state index in [1.54, 1.807) is 41.8 Å². The summed E-state index contributed by atoms with van der Waals surface area (Å²) in [5, 5.41) is 0.606. The number of anilines is 1. The second-order valence-corrected chi connectivity index (χ2v) is 10.5. The summed E-state index contributed by atoms with van der Waals surface area (Å²) in [6.45, 7) is 7.80. The lowest BCUT2D eigenvalue weighted by Crippen LogP contribution is -2.40. The second-order valence-electron chi connectivity index (χ2n) is 7.86. The van der Waals surface area contributed by atoms with Crippen LogP contribution in [-0.4, -0.2) is 55.1 Å². The molecule has 1 aliphatic rings. The molecule has 32 heavy (non-hydrogen) atoms. The van der Waals surface area contributed by atoms with Crippen LogP contribution in [0.2, 0.25) is 0 Å². The number of morpholine rings is 1. The first-order valence-corrected chi connectivity index (χ1v) is 12.6. The van der Waals surface area contributed by atoms with Gasteiger partial charge in [0, 0.05) is 26.3 Å². The molecular formula is C22H26N4O4S2. The van der Waals surface area contributed by atoms with Crippen LogP contribution in [0.3, 0.4) is 0 Å². The summed E-state index contributed by atoms with van der Waals surface area (Å²) in [6, 6.07) is 7.10.